The second kappa shape index (κ2) is 6.72. The van der Waals surface area contributed by atoms with Crippen LogP contribution in [0.5, 0.6) is 23.0 Å². The molecule has 21 heavy (non-hydrogen) atoms. The van der Waals surface area contributed by atoms with E-state index in [9.17, 15) is 10.2 Å². The van der Waals surface area contributed by atoms with Crippen molar-refractivity contribution in [1.82, 2.24) is 0 Å². The smallest absolute Gasteiger partial charge is 0.133 e. The van der Waals surface area contributed by atoms with Gasteiger partial charge >= 0.3 is 0 Å². The van der Waals surface area contributed by atoms with Crippen LogP contribution >= 0.6 is 15.9 Å². The number of benzene rings is 2. The van der Waals surface area contributed by atoms with Gasteiger partial charge in [0.1, 0.15) is 23.0 Å². The minimum atomic E-state index is 0.195. The third-order valence-corrected chi connectivity index (χ3v) is 4.13. The molecule has 0 fully saturated rings. The fourth-order valence-electron chi connectivity index (χ4n) is 1.64. The number of hydrogen-bond donors (Lipinski definition) is 4. The number of rotatable bonds is 0. The fraction of sp³-hybridized carbons (Fsp3) is 0.250. The van der Waals surface area contributed by atoms with E-state index in [1.807, 2.05) is 0 Å². The highest BCUT2D eigenvalue weighted by Crippen LogP contribution is 2.34. The highest BCUT2D eigenvalue weighted by atomic mass is 79.9. The molecule has 0 aliphatic rings. The van der Waals surface area contributed by atoms with E-state index in [2.05, 4.69) is 15.9 Å². The Bertz CT molecular complexity index is 613. The lowest BCUT2D eigenvalue weighted by Gasteiger charge is -2.06. The summed E-state index contributed by atoms with van der Waals surface area (Å²) in [4.78, 5) is 0. The molecule has 0 aliphatic carbocycles. The number of aromatic hydroxyl groups is 4. The van der Waals surface area contributed by atoms with E-state index in [1.165, 1.54) is 18.2 Å². The maximum absolute atomic E-state index is 9.35. The van der Waals surface area contributed by atoms with E-state index in [4.69, 9.17) is 10.2 Å². The van der Waals surface area contributed by atoms with E-state index < -0.39 is 0 Å². The molecule has 0 bridgehead atoms. The fourth-order valence-corrected chi connectivity index (χ4v) is 2.15. The molecule has 2 aromatic rings. The van der Waals surface area contributed by atoms with Gasteiger partial charge in [0, 0.05) is 0 Å². The Kier molecular flexibility index (Phi) is 5.49. The second-order valence-corrected chi connectivity index (χ2v) is 5.68. The highest BCUT2D eigenvalue weighted by molar-refractivity contribution is 9.10. The summed E-state index contributed by atoms with van der Waals surface area (Å²) in [5.41, 5.74) is 2.89. The molecule has 0 saturated carbocycles. The highest BCUT2D eigenvalue weighted by Gasteiger charge is 2.08. The average Bonchev–Trinajstić information content (AvgIpc) is 2.45. The summed E-state index contributed by atoms with van der Waals surface area (Å²) in [6, 6.07) is 4.45. The molecule has 0 saturated heterocycles. The minimum Gasteiger partial charge on any atom is -0.508 e. The maximum atomic E-state index is 9.35. The van der Waals surface area contributed by atoms with Crippen LogP contribution in [0.25, 0.3) is 0 Å². The van der Waals surface area contributed by atoms with E-state index in [-0.39, 0.29) is 23.0 Å². The lowest BCUT2D eigenvalue weighted by molar-refractivity contribution is 0.450. The predicted octanol–water partition coefficient (Wildman–Crippen LogP) is 4.19. The molecule has 0 atom stereocenters. The lowest BCUT2D eigenvalue weighted by atomic mass is 10.1. The van der Waals surface area contributed by atoms with Crippen molar-refractivity contribution in [2.75, 3.05) is 0 Å². The Labute approximate surface area is 132 Å². The van der Waals surface area contributed by atoms with Gasteiger partial charge in [-0.15, -0.1) is 0 Å². The monoisotopic (exact) mass is 354 g/mol. The van der Waals surface area contributed by atoms with E-state index in [1.54, 1.807) is 27.7 Å². The summed E-state index contributed by atoms with van der Waals surface area (Å²) in [6.45, 7) is 7.06. The van der Waals surface area contributed by atoms with Gasteiger partial charge in [-0.2, -0.15) is 0 Å². The average molecular weight is 355 g/mol. The molecule has 2 aromatic carbocycles. The van der Waals surface area contributed by atoms with Gasteiger partial charge < -0.3 is 20.4 Å². The largest absolute Gasteiger partial charge is 0.508 e. The van der Waals surface area contributed by atoms with Crippen LogP contribution in [-0.2, 0) is 0 Å². The van der Waals surface area contributed by atoms with E-state index in [0.717, 1.165) is 11.1 Å². The van der Waals surface area contributed by atoms with Crippen LogP contribution < -0.4 is 0 Å². The van der Waals surface area contributed by atoms with Crippen molar-refractivity contribution >= 4 is 15.9 Å². The quantitative estimate of drug-likeness (QED) is 0.534. The SMILES string of the molecule is Cc1c(O)cc(Br)c(O)c1C.Cc1c(O)ccc(O)c1C. The van der Waals surface area contributed by atoms with Crippen LogP contribution in [0.3, 0.4) is 0 Å². The van der Waals surface area contributed by atoms with Gasteiger partial charge in [0.05, 0.1) is 4.47 Å². The van der Waals surface area contributed by atoms with E-state index in [0.29, 0.717) is 15.6 Å². The van der Waals surface area contributed by atoms with Gasteiger partial charge in [-0.1, -0.05) is 0 Å². The molecule has 0 heterocycles. The Hall–Kier alpha value is -1.88. The Morgan fingerprint density at radius 3 is 1.48 bits per heavy atom. The van der Waals surface area contributed by atoms with Crippen LogP contribution in [0, 0.1) is 27.7 Å². The van der Waals surface area contributed by atoms with Gasteiger partial charge in [0.25, 0.3) is 0 Å². The Balaban J connectivity index is 0.000000211. The summed E-state index contributed by atoms with van der Waals surface area (Å²) in [5, 5.41) is 36.8. The third kappa shape index (κ3) is 3.82. The second-order valence-electron chi connectivity index (χ2n) is 4.83. The van der Waals surface area contributed by atoms with Crippen LogP contribution in [0.4, 0.5) is 0 Å². The molecule has 0 unspecified atom stereocenters. The predicted molar refractivity (Wildman–Crippen MR) is 86.2 cm³/mol. The number of phenols is 4. The van der Waals surface area contributed by atoms with Gasteiger partial charge in [-0.3, -0.25) is 0 Å². The van der Waals surface area contributed by atoms with Gasteiger partial charge in [-0.25, -0.2) is 0 Å². The molecule has 0 spiro atoms. The first-order valence-corrected chi connectivity index (χ1v) is 7.11. The molecule has 0 amide bonds. The van der Waals surface area contributed by atoms with Gasteiger partial charge in [-0.05, 0) is 84.1 Å². The topological polar surface area (TPSA) is 80.9 Å². The zero-order valence-electron chi connectivity index (χ0n) is 12.4. The lowest BCUT2D eigenvalue weighted by Crippen LogP contribution is -1.83. The van der Waals surface area contributed by atoms with Crippen LogP contribution in [0.15, 0.2) is 22.7 Å². The first-order chi connectivity index (χ1) is 9.66. The third-order valence-electron chi connectivity index (χ3n) is 3.52. The summed E-state index contributed by atoms with van der Waals surface area (Å²) < 4.78 is 0.526. The van der Waals surface area contributed by atoms with Crippen LogP contribution in [0.2, 0.25) is 0 Å². The molecule has 4 N–H and O–H groups in total. The van der Waals surface area contributed by atoms with Crippen molar-refractivity contribution in [1.29, 1.82) is 0 Å². The summed E-state index contributed by atoms with van der Waals surface area (Å²) in [6.07, 6.45) is 0. The van der Waals surface area contributed by atoms with Gasteiger partial charge in [0.2, 0.25) is 0 Å². The first-order valence-electron chi connectivity index (χ1n) is 6.32. The summed E-state index contributed by atoms with van der Waals surface area (Å²) >= 11 is 3.12. The number of hydrogen-bond acceptors (Lipinski definition) is 4. The number of halogens is 1. The Morgan fingerprint density at radius 1 is 0.667 bits per heavy atom. The zero-order chi connectivity index (χ0) is 16.3. The molecular weight excluding hydrogens is 336 g/mol. The molecule has 4 nitrogen and oxygen atoms in total. The molecule has 5 heteroatoms. The molecule has 0 aromatic heterocycles. The molecule has 114 valence electrons. The van der Waals surface area contributed by atoms with Crippen molar-refractivity contribution in [2.24, 2.45) is 0 Å². The molecule has 0 aliphatic heterocycles. The molecular formula is C16H19BrO4. The van der Waals surface area contributed by atoms with Gasteiger partial charge in [0.15, 0.2) is 0 Å². The molecule has 2 rings (SSSR count). The summed E-state index contributed by atoms with van der Waals surface area (Å²) in [5.74, 6) is 0.859. The van der Waals surface area contributed by atoms with Crippen molar-refractivity contribution < 1.29 is 20.4 Å². The molecule has 0 radical (unpaired) electrons. The van der Waals surface area contributed by atoms with Crippen LogP contribution in [-0.4, -0.2) is 20.4 Å². The van der Waals surface area contributed by atoms with Crippen LogP contribution in [0.1, 0.15) is 22.3 Å². The van der Waals surface area contributed by atoms with Crippen molar-refractivity contribution in [3.8, 4) is 23.0 Å². The van der Waals surface area contributed by atoms with Crippen molar-refractivity contribution in [2.45, 2.75) is 27.7 Å². The zero-order valence-corrected chi connectivity index (χ0v) is 14.0. The summed E-state index contributed by atoms with van der Waals surface area (Å²) in [7, 11) is 0. The standard InChI is InChI=1S/C8H9BrO2.C8H10O2/c1-4-5(2)8(11)6(9)3-7(4)10;1-5-6(2)8(10)4-3-7(5)9/h3,10-11H,1-2H3;3-4,9-10H,1-2H3. The van der Waals surface area contributed by atoms with Crippen molar-refractivity contribution in [3.63, 3.8) is 0 Å². The normalized spacial score (nSPS) is 9.95. The maximum Gasteiger partial charge on any atom is 0.133 e. The minimum absolute atomic E-state index is 0.195. The first kappa shape index (κ1) is 17.2. The van der Waals surface area contributed by atoms with E-state index >= 15 is 0 Å². The van der Waals surface area contributed by atoms with Crippen molar-refractivity contribution in [3.05, 3.63) is 44.9 Å². The number of phenolic OH excluding ortho intramolecular Hbond substituents is 4. The Morgan fingerprint density at radius 2 is 1.05 bits per heavy atom.